The van der Waals surface area contributed by atoms with Crippen LogP contribution in [-0.2, 0) is 6.54 Å². The summed E-state index contributed by atoms with van der Waals surface area (Å²) in [5.41, 5.74) is 4.08. The van der Waals surface area contributed by atoms with Gasteiger partial charge in [0.1, 0.15) is 0 Å². The third kappa shape index (κ3) is 3.49. The summed E-state index contributed by atoms with van der Waals surface area (Å²) in [6.45, 7) is 0.824. The van der Waals surface area contributed by atoms with Crippen molar-refractivity contribution in [3.63, 3.8) is 0 Å². The van der Waals surface area contributed by atoms with Gasteiger partial charge < -0.3 is 9.62 Å². The second-order valence-corrected chi connectivity index (χ2v) is 7.30. The van der Waals surface area contributed by atoms with Crippen LogP contribution in [0.1, 0.15) is 5.69 Å². The molecule has 2 aromatic carbocycles. The Morgan fingerprint density at radius 2 is 1.65 bits per heavy atom. The Morgan fingerprint density at radius 3 is 2.50 bits per heavy atom. The van der Waals surface area contributed by atoms with E-state index in [9.17, 15) is 0 Å². The SMILES string of the molecule is CN(C)Cc1ccc2cccc(NSc3cccc4cccnc34)c2n1. The summed E-state index contributed by atoms with van der Waals surface area (Å²) >= 11 is 1.57. The molecule has 0 unspecified atom stereocenters. The first kappa shape index (κ1) is 16.8. The number of benzene rings is 2. The van der Waals surface area contributed by atoms with E-state index in [4.69, 9.17) is 4.98 Å². The lowest BCUT2D eigenvalue weighted by Crippen LogP contribution is -2.11. The molecule has 1 N–H and O–H groups in total. The number of fused-ring (bicyclic) bond motifs is 2. The van der Waals surface area contributed by atoms with Crippen LogP contribution in [0.5, 0.6) is 0 Å². The molecule has 0 radical (unpaired) electrons. The third-order valence-electron chi connectivity index (χ3n) is 4.12. The van der Waals surface area contributed by atoms with Gasteiger partial charge in [-0.25, -0.2) is 4.98 Å². The summed E-state index contributed by atoms with van der Waals surface area (Å²) in [5, 5.41) is 2.28. The number of hydrogen-bond donors (Lipinski definition) is 1. The van der Waals surface area contributed by atoms with Gasteiger partial charge in [-0.15, -0.1) is 0 Å². The first-order valence-corrected chi connectivity index (χ1v) is 9.32. The second-order valence-electron chi connectivity index (χ2n) is 6.45. The molecule has 0 atom stereocenters. The average molecular weight is 360 g/mol. The lowest BCUT2D eigenvalue weighted by atomic mass is 10.2. The van der Waals surface area contributed by atoms with E-state index in [0.29, 0.717) is 0 Å². The van der Waals surface area contributed by atoms with Crippen molar-refractivity contribution in [3.8, 4) is 0 Å². The monoisotopic (exact) mass is 360 g/mol. The zero-order valence-corrected chi connectivity index (χ0v) is 15.6. The summed E-state index contributed by atoms with van der Waals surface area (Å²) in [7, 11) is 4.11. The summed E-state index contributed by atoms with van der Waals surface area (Å²) in [5.74, 6) is 0. The van der Waals surface area contributed by atoms with E-state index in [-0.39, 0.29) is 0 Å². The topological polar surface area (TPSA) is 41.0 Å². The van der Waals surface area contributed by atoms with E-state index >= 15 is 0 Å². The molecule has 4 nitrogen and oxygen atoms in total. The Morgan fingerprint density at radius 1 is 0.885 bits per heavy atom. The highest BCUT2D eigenvalue weighted by molar-refractivity contribution is 8.00. The molecule has 0 aliphatic heterocycles. The van der Waals surface area contributed by atoms with Crippen molar-refractivity contribution in [2.24, 2.45) is 0 Å². The molecule has 130 valence electrons. The largest absolute Gasteiger partial charge is 0.324 e. The van der Waals surface area contributed by atoms with E-state index in [0.717, 1.165) is 44.6 Å². The quantitative estimate of drug-likeness (QED) is 0.509. The number of aromatic nitrogens is 2. The van der Waals surface area contributed by atoms with Crippen LogP contribution in [-0.4, -0.2) is 29.0 Å². The Labute approximate surface area is 157 Å². The molecule has 4 rings (SSSR count). The van der Waals surface area contributed by atoms with Gasteiger partial charge >= 0.3 is 0 Å². The number of nitrogens with zero attached hydrogens (tertiary/aromatic N) is 3. The van der Waals surface area contributed by atoms with Gasteiger partial charge in [0.25, 0.3) is 0 Å². The molecule has 0 aliphatic carbocycles. The molecule has 26 heavy (non-hydrogen) atoms. The maximum Gasteiger partial charge on any atom is 0.0945 e. The van der Waals surface area contributed by atoms with Gasteiger partial charge in [0, 0.05) is 23.5 Å². The third-order valence-corrected chi connectivity index (χ3v) is 4.99. The zero-order chi connectivity index (χ0) is 17.9. The van der Waals surface area contributed by atoms with Crippen LogP contribution in [0.3, 0.4) is 0 Å². The van der Waals surface area contributed by atoms with Crippen molar-refractivity contribution >= 4 is 39.4 Å². The minimum Gasteiger partial charge on any atom is -0.324 e. The van der Waals surface area contributed by atoms with Crippen LogP contribution < -0.4 is 4.72 Å². The van der Waals surface area contributed by atoms with E-state index in [1.165, 1.54) is 0 Å². The fourth-order valence-electron chi connectivity index (χ4n) is 2.95. The fraction of sp³-hybridized carbons (Fsp3) is 0.143. The minimum atomic E-state index is 0.824. The Kier molecular flexibility index (Phi) is 4.73. The predicted octanol–water partition coefficient (Wildman–Crippen LogP) is 4.96. The number of para-hydroxylation sites is 2. The zero-order valence-electron chi connectivity index (χ0n) is 14.8. The predicted molar refractivity (Wildman–Crippen MR) is 110 cm³/mol. The number of anilines is 1. The second kappa shape index (κ2) is 7.32. The van der Waals surface area contributed by atoms with Crippen LogP contribution in [0, 0.1) is 0 Å². The van der Waals surface area contributed by atoms with Gasteiger partial charge in [-0.3, -0.25) is 4.98 Å². The van der Waals surface area contributed by atoms with Crippen LogP contribution >= 0.6 is 11.9 Å². The standard InChI is InChI=1S/C21H20N4S/c1-25(2)14-17-12-11-16-6-3-9-18(20(16)23-17)24-26-19-10-4-7-15-8-5-13-22-21(15)19/h3-13,24H,14H2,1-2H3. The molecular weight excluding hydrogens is 340 g/mol. The number of hydrogen-bond acceptors (Lipinski definition) is 5. The van der Waals surface area contributed by atoms with E-state index in [1.807, 2.05) is 12.3 Å². The van der Waals surface area contributed by atoms with Crippen LogP contribution in [0.25, 0.3) is 21.8 Å². The van der Waals surface area contributed by atoms with E-state index < -0.39 is 0 Å². The summed E-state index contributed by atoms with van der Waals surface area (Å²) < 4.78 is 3.48. The molecule has 0 saturated carbocycles. The molecule has 0 spiro atoms. The molecule has 2 heterocycles. The van der Waals surface area contributed by atoms with Gasteiger partial charge in [0.05, 0.1) is 27.3 Å². The van der Waals surface area contributed by atoms with Crippen LogP contribution in [0.15, 0.2) is 71.8 Å². The molecule has 0 amide bonds. The lowest BCUT2D eigenvalue weighted by Gasteiger charge is -2.12. The first-order chi connectivity index (χ1) is 12.7. The Bertz CT molecular complexity index is 1060. The number of pyridine rings is 2. The molecule has 2 aromatic heterocycles. The smallest absolute Gasteiger partial charge is 0.0945 e. The van der Waals surface area contributed by atoms with Gasteiger partial charge in [0.15, 0.2) is 0 Å². The highest BCUT2D eigenvalue weighted by atomic mass is 32.2. The van der Waals surface area contributed by atoms with Crippen molar-refractivity contribution in [2.45, 2.75) is 11.4 Å². The molecule has 5 heteroatoms. The van der Waals surface area contributed by atoms with E-state index in [2.05, 4.69) is 83.3 Å². The summed E-state index contributed by atoms with van der Waals surface area (Å²) in [6.07, 6.45) is 1.83. The van der Waals surface area contributed by atoms with E-state index in [1.54, 1.807) is 11.9 Å². The first-order valence-electron chi connectivity index (χ1n) is 8.51. The maximum atomic E-state index is 4.86. The minimum absolute atomic E-state index is 0.824. The van der Waals surface area contributed by atoms with Crippen LogP contribution in [0.2, 0.25) is 0 Å². The highest BCUT2D eigenvalue weighted by Crippen LogP contribution is 2.30. The highest BCUT2D eigenvalue weighted by Gasteiger charge is 2.07. The van der Waals surface area contributed by atoms with Crippen molar-refractivity contribution in [1.82, 2.24) is 14.9 Å². The van der Waals surface area contributed by atoms with Crippen molar-refractivity contribution in [3.05, 3.63) is 72.6 Å². The van der Waals surface area contributed by atoms with Crippen molar-refractivity contribution < 1.29 is 0 Å². The number of rotatable bonds is 5. The van der Waals surface area contributed by atoms with Crippen molar-refractivity contribution in [2.75, 3.05) is 18.8 Å². The van der Waals surface area contributed by atoms with Gasteiger partial charge in [-0.1, -0.05) is 36.4 Å². The maximum absolute atomic E-state index is 4.86. The van der Waals surface area contributed by atoms with Crippen molar-refractivity contribution in [1.29, 1.82) is 0 Å². The fourth-order valence-corrected chi connectivity index (χ4v) is 3.75. The summed E-state index contributed by atoms with van der Waals surface area (Å²) in [4.78, 5) is 12.6. The molecule has 4 aromatic rings. The number of nitrogens with one attached hydrogen (secondary N) is 1. The lowest BCUT2D eigenvalue weighted by molar-refractivity contribution is 0.397. The molecule has 0 fully saturated rings. The van der Waals surface area contributed by atoms with Crippen LogP contribution in [0.4, 0.5) is 5.69 Å². The van der Waals surface area contributed by atoms with Gasteiger partial charge in [0.2, 0.25) is 0 Å². The molecule has 0 saturated heterocycles. The molecular formula is C21H20N4S. The normalized spacial score (nSPS) is 11.3. The molecule has 0 aliphatic rings. The molecule has 0 bridgehead atoms. The van der Waals surface area contributed by atoms with Gasteiger partial charge in [-0.05, 0) is 50.3 Å². The Balaban J connectivity index is 1.66. The Hall–Kier alpha value is -2.63. The average Bonchev–Trinajstić information content (AvgIpc) is 2.66. The van der Waals surface area contributed by atoms with Gasteiger partial charge in [-0.2, -0.15) is 0 Å². The summed E-state index contributed by atoms with van der Waals surface area (Å²) in [6, 6.07) is 20.7.